The molecular formula is C15H21F3N2. The van der Waals surface area contributed by atoms with Gasteiger partial charge in [-0.05, 0) is 52.3 Å². The molecule has 0 spiro atoms. The highest BCUT2D eigenvalue weighted by atomic mass is 19.4. The molecule has 112 valence electrons. The lowest BCUT2D eigenvalue weighted by atomic mass is 9.85. The van der Waals surface area contributed by atoms with Crippen LogP contribution in [0.25, 0.3) is 0 Å². The fourth-order valence-corrected chi connectivity index (χ4v) is 2.92. The molecule has 1 aromatic rings. The van der Waals surface area contributed by atoms with Gasteiger partial charge in [-0.2, -0.15) is 13.2 Å². The minimum Gasteiger partial charge on any atom is -0.290 e. The van der Waals surface area contributed by atoms with Gasteiger partial charge >= 0.3 is 6.18 Å². The molecule has 0 radical (unpaired) electrons. The summed E-state index contributed by atoms with van der Waals surface area (Å²) in [5.74, 6) is -1.23. The Labute approximate surface area is 118 Å². The first kappa shape index (κ1) is 15.3. The van der Waals surface area contributed by atoms with Crippen LogP contribution in [0.2, 0.25) is 0 Å². The minimum atomic E-state index is -4.11. The summed E-state index contributed by atoms with van der Waals surface area (Å²) in [5, 5.41) is 0. The van der Waals surface area contributed by atoms with E-state index in [1.165, 1.54) is 0 Å². The van der Waals surface area contributed by atoms with Gasteiger partial charge in [0.15, 0.2) is 0 Å². The molecule has 2 atom stereocenters. The molecule has 0 N–H and O–H groups in total. The number of hydrogen-bond acceptors (Lipinski definition) is 2. The summed E-state index contributed by atoms with van der Waals surface area (Å²) in [7, 11) is 0. The molecule has 1 saturated heterocycles. The van der Waals surface area contributed by atoms with Crippen LogP contribution in [0.3, 0.4) is 0 Å². The second kappa shape index (κ2) is 5.35. The molecule has 1 aliphatic rings. The minimum absolute atomic E-state index is 0.0950. The van der Waals surface area contributed by atoms with Crippen LogP contribution in [0.4, 0.5) is 13.2 Å². The maximum Gasteiger partial charge on any atom is 0.391 e. The largest absolute Gasteiger partial charge is 0.391 e. The van der Waals surface area contributed by atoms with E-state index >= 15 is 0 Å². The summed E-state index contributed by atoms with van der Waals surface area (Å²) < 4.78 is 39.0. The zero-order chi connectivity index (χ0) is 15.0. The monoisotopic (exact) mass is 286 g/mol. The Bertz CT molecular complexity index is 437. The molecule has 1 fully saturated rings. The summed E-state index contributed by atoms with van der Waals surface area (Å²) in [6, 6.07) is 5.17. The van der Waals surface area contributed by atoms with Gasteiger partial charge in [-0.25, -0.2) is 0 Å². The van der Waals surface area contributed by atoms with E-state index in [0.29, 0.717) is 6.54 Å². The number of rotatable bonds is 1. The molecule has 2 rings (SSSR count). The molecule has 0 bridgehead atoms. The topological polar surface area (TPSA) is 16.1 Å². The molecule has 0 amide bonds. The number of alkyl halides is 3. The third kappa shape index (κ3) is 3.32. The van der Waals surface area contributed by atoms with Crippen molar-refractivity contribution in [3.63, 3.8) is 0 Å². The van der Waals surface area contributed by atoms with Gasteiger partial charge in [0.1, 0.15) is 0 Å². The summed E-state index contributed by atoms with van der Waals surface area (Å²) in [5.41, 5.74) is 0.565. The van der Waals surface area contributed by atoms with Crippen molar-refractivity contribution < 1.29 is 13.2 Å². The van der Waals surface area contributed by atoms with Gasteiger partial charge in [0.25, 0.3) is 0 Å². The van der Waals surface area contributed by atoms with Gasteiger partial charge in [0.05, 0.1) is 17.7 Å². The Kier molecular flexibility index (Phi) is 4.09. The number of likely N-dealkylation sites (tertiary alicyclic amines) is 1. The fraction of sp³-hybridized carbons (Fsp3) is 0.667. The first-order chi connectivity index (χ1) is 9.19. The Hall–Kier alpha value is -1.10. The highest BCUT2D eigenvalue weighted by Crippen LogP contribution is 2.43. The number of aromatic nitrogens is 1. The van der Waals surface area contributed by atoms with E-state index in [9.17, 15) is 13.2 Å². The van der Waals surface area contributed by atoms with Crippen molar-refractivity contribution in [1.82, 2.24) is 9.88 Å². The molecule has 2 nitrogen and oxygen atoms in total. The van der Waals surface area contributed by atoms with Gasteiger partial charge in [-0.1, -0.05) is 6.07 Å². The summed E-state index contributed by atoms with van der Waals surface area (Å²) in [4.78, 5) is 6.41. The number of halogens is 3. The normalized spacial score (nSPS) is 25.7. The van der Waals surface area contributed by atoms with Crippen LogP contribution in [0.5, 0.6) is 0 Å². The molecule has 5 heteroatoms. The molecular weight excluding hydrogens is 265 g/mol. The predicted octanol–water partition coefficient (Wildman–Crippen LogP) is 4.20. The molecule has 1 aliphatic heterocycles. The Morgan fingerprint density at radius 3 is 2.40 bits per heavy atom. The van der Waals surface area contributed by atoms with Crippen LogP contribution in [-0.4, -0.2) is 28.1 Å². The molecule has 20 heavy (non-hydrogen) atoms. The lowest BCUT2D eigenvalue weighted by Gasteiger charge is -2.46. The van der Waals surface area contributed by atoms with Crippen LogP contribution in [-0.2, 0) is 0 Å². The maximum absolute atomic E-state index is 13.0. The van der Waals surface area contributed by atoms with Crippen molar-refractivity contribution >= 4 is 0 Å². The number of pyridine rings is 1. The van der Waals surface area contributed by atoms with Crippen LogP contribution in [0.15, 0.2) is 24.4 Å². The molecule has 0 unspecified atom stereocenters. The summed E-state index contributed by atoms with van der Waals surface area (Å²) >= 11 is 0. The van der Waals surface area contributed by atoms with E-state index in [1.54, 1.807) is 12.3 Å². The zero-order valence-electron chi connectivity index (χ0n) is 12.1. The van der Waals surface area contributed by atoms with E-state index in [0.717, 1.165) is 5.69 Å². The SMILES string of the molecule is CC(C)(C)N1CC[C@@H](C(F)(F)F)C[C@H]1c1ccccn1. The highest BCUT2D eigenvalue weighted by molar-refractivity contribution is 5.11. The van der Waals surface area contributed by atoms with Crippen molar-refractivity contribution in [2.45, 2.75) is 51.4 Å². The van der Waals surface area contributed by atoms with Gasteiger partial charge in [-0.3, -0.25) is 9.88 Å². The molecule has 0 aromatic carbocycles. The summed E-state index contributed by atoms with van der Waals surface area (Å²) in [6.07, 6.45) is -2.20. The zero-order valence-corrected chi connectivity index (χ0v) is 12.1. The van der Waals surface area contributed by atoms with Crippen LogP contribution in [0.1, 0.15) is 45.3 Å². The molecule has 0 aliphatic carbocycles. The standard InChI is InChI=1S/C15H21F3N2/c1-14(2,3)20-9-7-11(15(16,17)18)10-13(20)12-6-4-5-8-19-12/h4-6,8,11,13H,7,9-10H2,1-3H3/t11-,13+/m1/s1. The Morgan fingerprint density at radius 2 is 1.90 bits per heavy atom. The Morgan fingerprint density at radius 1 is 1.20 bits per heavy atom. The van der Waals surface area contributed by atoms with E-state index in [-0.39, 0.29) is 24.4 Å². The lowest BCUT2D eigenvalue weighted by Crippen LogP contribution is -2.50. The number of piperidine rings is 1. The predicted molar refractivity (Wildman–Crippen MR) is 72.2 cm³/mol. The molecule has 2 heterocycles. The van der Waals surface area contributed by atoms with Crippen LogP contribution in [0, 0.1) is 5.92 Å². The Balaban J connectivity index is 2.29. The number of nitrogens with zero attached hydrogens (tertiary/aromatic N) is 2. The maximum atomic E-state index is 13.0. The third-order valence-corrected chi connectivity index (χ3v) is 3.96. The average molecular weight is 286 g/mol. The smallest absolute Gasteiger partial charge is 0.290 e. The van der Waals surface area contributed by atoms with E-state index < -0.39 is 12.1 Å². The van der Waals surface area contributed by atoms with E-state index in [1.807, 2.05) is 32.9 Å². The fourth-order valence-electron chi connectivity index (χ4n) is 2.92. The van der Waals surface area contributed by atoms with Crippen molar-refractivity contribution in [2.75, 3.05) is 6.54 Å². The average Bonchev–Trinajstić information content (AvgIpc) is 2.37. The van der Waals surface area contributed by atoms with E-state index in [4.69, 9.17) is 0 Å². The van der Waals surface area contributed by atoms with Crippen LogP contribution < -0.4 is 0 Å². The van der Waals surface area contributed by atoms with Crippen molar-refractivity contribution in [2.24, 2.45) is 5.92 Å². The second-order valence-electron chi connectivity index (χ2n) is 6.40. The van der Waals surface area contributed by atoms with Gasteiger partial charge in [0, 0.05) is 11.7 Å². The molecule has 0 saturated carbocycles. The quantitative estimate of drug-likeness (QED) is 0.769. The first-order valence-electron chi connectivity index (χ1n) is 6.94. The van der Waals surface area contributed by atoms with Crippen molar-refractivity contribution in [1.29, 1.82) is 0 Å². The second-order valence-corrected chi connectivity index (χ2v) is 6.40. The molecule has 1 aromatic heterocycles. The lowest BCUT2D eigenvalue weighted by molar-refractivity contribution is -0.194. The summed E-state index contributed by atoms with van der Waals surface area (Å²) in [6.45, 7) is 6.57. The van der Waals surface area contributed by atoms with E-state index in [2.05, 4.69) is 9.88 Å². The van der Waals surface area contributed by atoms with Gasteiger partial charge in [-0.15, -0.1) is 0 Å². The van der Waals surface area contributed by atoms with Crippen molar-refractivity contribution in [3.8, 4) is 0 Å². The highest BCUT2D eigenvalue weighted by Gasteiger charge is 2.46. The number of hydrogen-bond donors (Lipinski definition) is 0. The van der Waals surface area contributed by atoms with Gasteiger partial charge < -0.3 is 0 Å². The first-order valence-corrected chi connectivity index (χ1v) is 6.94. The third-order valence-electron chi connectivity index (χ3n) is 3.96. The van der Waals surface area contributed by atoms with Crippen LogP contribution >= 0.6 is 0 Å². The van der Waals surface area contributed by atoms with Crippen molar-refractivity contribution in [3.05, 3.63) is 30.1 Å². The van der Waals surface area contributed by atoms with Gasteiger partial charge in [0.2, 0.25) is 0 Å².